The molecular formula is C22H22N6O3. The van der Waals surface area contributed by atoms with Crippen LogP contribution in [0.5, 0.6) is 0 Å². The van der Waals surface area contributed by atoms with Crippen LogP contribution < -0.4 is 16.7 Å². The summed E-state index contributed by atoms with van der Waals surface area (Å²) in [7, 11) is 1.52. The van der Waals surface area contributed by atoms with Crippen LogP contribution in [0.25, 0.3) is 11.2 Å². The minimum absolute atomic E-state index is 0.0458. The van der Waals surface area contributed by atoms with Crippen LogP contribution in [0.4, 0.5) is 5.95 Å². The first-order valence-corrected chi connectivity index (χ1v) is 9.72. The van der Waals surface area contributed by atoms with Gasteiger partial charge in [0.2, 0.25) is 5.95 Å². The molecule has 0 radical (unpaired) electrons. The zero-order valence-corrected chi connectivity index (χ0v) is 17.1. The van der Waals surface area contributed by atoms with Gasteiger partial charge in [0.1, 0.15) is 0 Å². The molecule has 3 N–H and O–H groups in total. The van der Waals surface area contributed by atoms with Gasteiger partial charge in [-0.1, -0.05) is 60.2 Å². The van der Waals surface area contributed by atoms with Gasteiger partial charge in [0.05, 0.1) is 18.9 Å². The second kappa shape index (κ2) is 8.41. The molecule has 4 aromatic rings. The Hall–Kier alpha value is -3.98. The molecule has 0 amide bonds. The van der Waals surface area contributed by atoms with Gasteiger partial charge in [-0.2, -0.15) is 10.1 Å². The number of nitrogens with one attached hydrogen (secondary N) is 2. The zero-order chi connectivity index (χ0) is 22.0. The summed E-state index contributed by atoms with van der Waals surface area (Å²) >= 11 is 0. The first-order chi connectivity index (χ1) is 14.9. The summed E-state index contributed by atoms with van der Waals surface area (Å²) in [5.41, 5.74) is 4.77. The summed E-state index contributed by atoms with van der Waals surface area (Å²) < 4.78 is 2.77. The highest BCUT2D eigenvalue weighted by molar-refractivity contribution is 5.80. The topological polar surface area (TPSA) is 117 Å². The fourth-order valence-electron chi connectivity index (χ4n) is 3.27. The number of aryl methyl sites for hydroxylation is 2. The van der Waals surface area contributed by atoms with Gasteiger partial charge in [0.15, 0.2) is 11.2 Å². The smallest absolute Gasteiger partial charge is 0.329 e. The Balaban J connectivity index is 1.74. The molecular weight excluding hydrogens is 396 g/mol. The molecule has 9 nitrogen and oxygen atoms in total. The molecule has 0 bridgehead atoms. The number of aromatic nitrogens is 4. The van der Waals surface area contributed by atoms with E-state index in [0.29, 0.717) is 5.56 Å². The third-order valence-electron chi connectivity index (χ3n) is 5.00. The summed E-state index contributed by atoms with van der Waals surface area (Å²) in [5.74, 6) is 0.236. The lowest BCUT2D eigenvalue weighted by atomic mass is 10.1. The first-order valence-electron chi connectivity index (χ1n) is 9.72. The predicted octanol–water partition coefficient (Wildman–Crippen LogP) is 1.91. The summed E-state index contributed by atoms with van der Waals surface area (Å²) in [5, 5.41) is 14.9. The van der Waals surface area contributed by atoms with Crippen LogP contribution in [0, 0.1) is 6.92 Å². The Labute approximate surface area is 177 Å². The number of fused-ring (bicyclic) bond motifs is 1. The molecule has 31 heavy (non-hydrogen) atoms. The molecule has 0 aliphatic carbocycles. The summed E-state index contributed by atoms with van der Waals surface area (Å²) in [4.78, 5) is 31.2. The van der Waals surface area contributed by atoms with Crippen molar-refractivity contribution >= 4 is 23.3 Å². The van der Waals surface area contributed by atoms with Gasteiger partial charge in [-0.15, -0.1) is 0 Å². The Kier molecular flexibility index (Phi) is 5.50. The van der Waals surface area contributed by atoms with Gasteiger partial charge in [0, 0.05) is 7.05 Å². The molecule has 0 saturated heterocycles. The number of aliphatic hydroxyl groups excluding tert-OH is 1. The number of rotatable bonds is 6. The number of imidazole rings is 1. The van der Waals surface area contributed by atoms with Crippen LogP contribution in [-0.2, 0) is 13.6 Å². The normalized spacial score (nSPS) is 12.5. The van der Waals surface area contributed by atoms with E-state index in [1.54, 1.807) is 18.3 Å². The van der Waals surface area contributed by atoms with E-state index < -0.39 is 17.4 Å². The van der Waals surface area contributed by atoms with Crippen LogP contribution in [0.15, 0.2) is 69.3 Å². The van der Waals surface area contributed by atoms with Crippen molar-refractivity contribution in [2.24, 2.45) is 12.1 Å². The van der Waals surface area contributed by atoms with Gasteiger partial charge in [0.25, 0.3) is 5.56 Å². The molecule has 9 heteroatoms. The highest BCUT2D eigenvalue weighted by Crippen LogP contribution is 2.21. The van der Waals surface area contributed by atoms with Crippen molar-refractivity contribution in [3.8, 4) is 0 Å². The lowest BCUT2D eigenvalue weighted by Crippen LogP contribution is -2.29. The van der Waals surface area contributed by atoms with Crippen molar-refractivity contribution < 1.29 is 5.11 Å². The standard InChI is InChI=1S/C22H22N6O3/c1-14-8-10-15(11-9-14)12-23-26-21-24-19-18(20(30)25-22(31)27(19)2)28(21)13-17(29)16-6-4-3-5-7-16/h3-12,17,29H,13H2,1-2H3,(H,24,26)(H,25,30,31)/b23-12-/t17-/m1/s1. The number of anilines is 1. The third kappa shape index (κ3) is 4.17. The number of benzene rings is 2. The molecule has 0 aliphatic rings. The van der Waals surface area contributed by atoms with Gasteiger partial charge >= 0.3 is 5.69 Å². The molecule has 0 saturated carbocycles. The average Bonchev–Trinajstić information content (AvgIpc) is 3.13. The Morgan fingerprint density at radius 2 is 1.87 bits per heavy atom. The molecule has 1 atom stereocenters. The van der Waals surface area contributed by atoms with Gasteiger partial charge in [-0.25, -0.2) is 10.2 Å². The largest absolute Gasteiger partial charge is 0.387 e. The third-order valence-corrected chi connectivity index (χ3v) is 5.00. The van der Waals surface area contributed by atoms with Crippen LogP contribution >= 0.6 is 0 Å². The van der Waals surface area contributed by atoms with Gasteiger partial charge < -0.3 is 5.11 Å². The lowest BCUT2D eigenvalue weighted by Gasteiger charge is -2.14. The highest BCUT2D eigenvalue weighted by atomic mass is 16.3. The van der Waals surface area contributed by atoms with Gasteiger partial charge in [-0.3, -0.25) is 18.9 Å². The van der Waals surface area contributed by atoms with E-state index in [1.807, 2.05) is 49.4 Å². The van der Waals surface area contributed by atoms with Crippen molar-refractivity contribution in [2.75, 3.05) is 5.43 Å². The van der Waals surface area contributed by atoms with E-state index in [9.17, 15) is 14.7 Å². The number of aromatic amines is 1. The molecule has 0 unspecified atom stereocenters. The average molecular weight is 418 g/mol. The SMILES string of the molecule is Cc1ccc(/C=N\Nc2nc3c(c(=O)[nH]c(=O)n3C)n2C[C@@H](O)c2ccccc2)cc1. The Bertz CT molecular complexity index is 1350. The van der Waals surface area contributed by atoms with Gasteiger partial charge in [-0.05, 0) is 18.1 Å². The van der Waals surface area contributed by atoms with E-state index in [1.165, 1.54) is 16.2 Å². The number of nitrogens with zero attached hydrogens (tertiary/aromatic N) is 4. The van der Waals surface area contributed by atoms with Crippen molar-refractivity contribution in [1.29, 1.82) is 0 Å². The molecule has 0 spiro atoms. The molecule has 4 rings (SSSR count). The zero-order valence-electron chi connectivity index (χ0n) is 17.1. The number of hydrogen-bond donors (Lipinski definition) is 3. The number of aliphatic hydroxyl groups is 1. The Morgan fingerprint density at radius 3 is 2.58 bits per heavy atom. The molecule has 2 heterocycles. The second-order valence-corrected chi connectivity index (χ2v) is 7.24. The van der Waals surface area contributed by atoms with E-state index in [4.69, 9.17) is 0 Å². The number of H-pyrrole nitrogens is 1. The maximum atomic E-state index is 12.6. The van der Waals surface area contributed by atoms with Crippen molar-refractivity contribution in [2.45, 2.75) is 19.6 Å². The quantitative estimate of drug-likeness (QED) is 0.327. The minimum Gasteiger partial charge on any atom is -0.387 e. The van der Waals surface area contributed by atoms with E-state index in [0.717, 1.165) is 11.1 Å². The molecule has 2 aromatic carbocycles. The van der Waals surface area contributed by atoms with Crippen LogP contribution in [0.1, 0.15) is 22.8 Å². The van der Waals surface area contributed by atoms with Crippen LogP contribution in [0.2, 0.25) is 0 Å². The second-order valence-electron chi connectivity index (χ2n) is 7.24. The summed E-state index contributed by atoms with van der Waals surface area (Å²) in [6.07, 6.45) is 0.733. The van der Waals surface area contributed by atoms with Crippen LogP contribution in [0.3, 0.4) is 0 Å². The van der Waals surface area contributed by atoms with E-state index >= 15 is 0 Å². The molecule has 2 aromatic heterocycles. The summed E-state index contributed by atoms with van der Waals surface area (Å²) in [6.45, 7) is 2.05. The fourth-order valence-corrected chi connectivity index (χ4v) is 3.27. The highest BCUT2D eigenvalue weighted by Gasteiger charge is 2.20. The monoisotopic (exact) mass is 418 g/mol. The van der Waals surface area contributed by atoms with E-state index in [2.05, 4.69) is 20.5 Å². The van der Waals surface area contributed by atoms with Crippen molar-refractivity contribution in [3.63, 3.8) is 0 Å². The van der Waals surface area contributed by atoms with Crippen molar-refractivity contribution in [1.82, 2.24) is 19.1 Å². The first kappa shape index (κ1) is 20.3. The van der Waals surface area contributed by atoms with Crippen LogP contribution in [-0.4, -0.2) is 30.4 Å². The molecule has 0 aliphatic heterocycles. The molecule has 0 fully saturated rings. The maximum absolute atomic E-state index is 12.6. The fraction of sp³-hybridized carbons (Fsp3) is 0.182. The van der Waals surface area contributed by atoms with Crippen molar-refractivity contribution in [3.05, 3.63) is 92.1 Å². The summed E-state index contributed by atoms with van der Waals surface area (Å²) in [6, 6.07) is 16.9. The Morgan fingerprint density at radius 1 is 1.16 bits per heavy atom. The molecule has 158 valence electrons. The number of hydrazone groups is 1. The maximum Gasteiger partial charge on any atom is 0.329 e. The lowest BCUT2D eigenvalue weighted by molar-refractivity contribution is 0.158. The van der Waals surface area contributed by atoms with E-state index in [-0.39, 0.29) is 23.7 Å². The number of hydrogen-bond acceptors (Lipinski definition) is 6. The minimum atomic E-state index is -0.892. The predicted molar refractivity (Wildman–Crippen MR) is 119 cm³/mol.